The number of ether oxygens (including phenoxy) is 2. The maximum Gasteiger partial charge on any atom is 0.345 e. The van der Waals surface area contributed by atoms with Gasteiger partial charge in [0.25, 0.3) is 15.9 Å². The fraction of sp³-hybridized carbons (Fsp3) is 0.0357. The van der Waals surface area contributed by atoms with Crippen molar-refractivity contribution in [3.8, 4) is 11.5 Å². The summed E-state index contributed by atoms with van der Waals surface area (Å²) >= 11 is 6.06. The lowest BCUT2D eigenvalue weighted by atomic mass is 10.2. The number of nitrogens with zero attached hydrogens (tertiary/aromatic N) is 1. The number of sulfonamides is 1. The first-order chi connectivity index (χ1) is 18.8. The molecule has 0 bridgehead atoms. The van der Waals surface area contributed by atoms with E-state index >= 15 is 0 Å². The number of halogens is 1. The first-order valence-corrected chi connectivity index (χ1v) is 13.3. The molecule has 0 aliphatic rings. The van der Waals surface area contributed by atoms with Crippen molar-refractivity contribution in [2.75, 3.05) is 11.8 Å². The van der Waals surface area contributed by atoms with Crippen molar-refractivity contribution in [3.63, 3.8) is 0 Å². The third kappa shape index (κ3) is 7.01. The third-order valence-corrected chi connectivity index (χ3v) is 7.04. The van der Waals surface area contributed by atoms with Crippen LogP contribution in [0.15, 0.2) is 107 Å². The molecule has 1 amide bonds. The van der Waals surface area contributed by atoms with Gasteiger partial charge in [-0.3, -0.25) is 9.52 Å². The van der Waals surface area contributed by atoms with E-state index < -0.39 is 21.9 Å². The van der Waals surface area contributed by atoms with Gasteiger partial charge in [0.05, 0.1) is 28.8 Å². The molecule has 0 saturated carbocycles. The number of hydrogen-bond donors (Lipinski definition) is 2. The van der Waals surface area contributed by atoms with E-state index in [9.17, 15) is 18.0 Å². The number of esters is 1. The van der Waals surface area contributed by atoms with Gasteiger partial charge in [-0.15, -0.1) is 0 Å². The molecule has 0 unspecified atom stereocenters. The predicted octanol–water partition coefficient (Wildman–Crippen LogP) is 5.13. The van der Waals surface area contributed by atoms with Crippen LogP contribution < -0.4 is 19.6 Å². The molecule has 0 aliphatic heterocycles. The molecule has 0 fully saturated rings. The van der Waals surface area contributed by atoms with E-state index in [4.69, 9.17) is 21.1 Å². The Morgan fingerprint density at radius 1 is 0.872 bits per heavy atom. The summed E-state index contributed by atoms with van der Waals surface area (Å²) in [6, 6.07) is 25.1. The zero-order valence-electron chi connectivity index (χ0n) is 20.5. The van der Waals surface area contributed by atoms with Crippen LogP contribution >= 0.6 is 11.6 Å². The van der Waals surface area contributed by atoms with E-state index in [2.05, 4.69) is 15.2 Å². The number of methoxy groups -OCH3 is 1. The smallest absolute Gasteiger partial charge is 0.345 e. The molecular formula is C28H22ClN3O6S. The van der Waals surface area contributed by atoms with Gasteiger partial charge in [0.2, 0.25) is 0 Å². The quantitative estimate of drug-likeness (QED) is 0.126. The van der Waals surface area contributed by atoms with Crippen LogP contribution in [0.3, 0.4) is 0 Å². The lowest BCUT2D eigenvalue weighted by Gasteiger charge is -2.10. The van der Waals surface area contributed by atoms with Gasteiger partial charge >= 0.3 is 5.97 Å². The molecule has 39 heavy (non-hydrogen) atoms. The van der Waals surface area contributed by atoms with Crippen molar-refractivity contribution in [3.05, 3.63) is 119 Å². The van der Waals surface area contributed by atoms with Gasteiger partial charge in [0.15, 0.2) is 11.5 Å². The van der Waals surface area contributed by atoms with Crippen LogP contribution in [-0.4, -0.2) is 33.6 Å². The second-order valence-corrected chi connectivity index (χ2v) is 10.1. The number of amides is 1. The van der Waals surface area contributed by atoms with E-state index in [0.29, 0.717) is 11.3 Å². The zero-order chi connectivity index (χ0) is 27.8. The summed E-state index contributed by atoms with van der Waals surface area (Å²) < 4.78 is 38.1. The van der Waals surface area contributed by atoms with Gasteiger partial charge in [-0.25, -0.2) is 18.6 Å². The van der Waals surface area contributed by atoms with Crippen molar-refractivity contribution < 1.29 is 27.5 Å². The highest BCUT2D eigenvalue weighted by atomic mass is 35.5. The highest BCUT2D eigenvalue weighted by Crippen LogP contribution is 2.29. The summed E-state index contributed by atoms with van der Waals surface area (Å²) in [4.78, 5) is 25.0. The second kappa shape index (κ2) is 12.2. The molecule has 11 heteroatoms. The Bertz CT molecular complexity index is 1630. The molecule has 4 aromatic carbocycles. The van der Waals surface area contributed by atoms with Gasteiger partial charge in [-0.2, -0.15) is 5.10 Å². The van der Waals surface area contributed by atoms with Crippen molar-refractivity contribution in [1.29, 1.82) is 0 Å². The van der Waals surface area contributed by atoms with E-state index in [1.807, 2.05) is 0 Å². The minimum absolute atomic E-state index is 0.129. The minimum atomic E-state index is -3.74. The summed E-state index contributed by atoms with van der Waals surface area (Å²) in [5.74, 6) is -0.668. The Hall–Kier alpha value is -4.67. The molecule has 9 nitrogen and oxygen atoms in total. The van der Waals surface area contributed by atoms with Crippen LogP contribution in [0.5, 0.6) is 11.5 Å². The van der Waals surface area contributed by atoms with Gasteiger partial charge < -0.3 is 9.47 Å². The van der Waals surface area contributed by atoms with Crippen molar-refractivity contribution in [1.82, 2.24) is 5.43 Å². The van der Waals surface area contributed by atoms with Crippen LogP contribution in [-0.2, 0) is 10.0 Å². The number of nitrogens with one attached hydrogen (secondary N) is 2. The van der Waals surface area contributed by atoms with Crippen LogP contribution in [0.4, 0.5) is 5.69 Å². The van der Waals surface area contributed by atoms with Gasteiger partial charge in [-0.1, -0.05) is 41.9 Å². The Kier molecular flexibility index (Phi) is 8.60. The average Bonchev–Trinajstić information content (AvgIpc) is 2.94. The fourth-order valence-electron chi connectivity index (χ4n) is 3.36. The molecule has 0 atom stereocenters. The molecule has 0 radical (unpaired) electrons. The number of anilines is 1. The van der Waals surface area contributed by atoms with Crippen LogP contribution in [0.2, 0.25) is 5.02 Å². The summed E-state index contributed by atoms with van der Waals surface area (Å²) in [6.07, 6.45) is 1.39. The lowest BCUT2D eigenvalue weighted by molar-refractivity contribution is 0.0729. The maximum atomic E-state index is 12.5. The minimum Gasteiger partial charge on any atom is -0.493 e. The number of rotatable bonds is 9. The Morgan fingerprint density at radius 3 is 2.26 bits per heavy atom. The predicted molar refractivity (Wildman–Crippen MR) is 148 cm³/mol. The zero-order valence-corrected chi connectivity index (χ0v) is 22.1. The monoisotopic (exact) mass is 563 g/mol. The normalized spacial score (nSPS) is 11.1. The van der Waals surface area contributed by atoms with E-state index in [1.54, 1.807) is 54.6 Å². The summed E-state index contributed by atoms with van der Waals surface area (Å²) in [5.41, 5.74) is 3.77. The van der Waals surface area contributed by atoms with Crippen molar-refractivity contribution in [2.24, 2.45) is 5.10 Å². The van der Waals surface area contributed by atoms with Crippen LogP contribution in [0.25, 0.3) is 0 Å². The Balaban J connectivity index is 1.37. The Morgan fingerprint density at radius 2 is 1.56 bits per heavy atom. The number of hydrogen-bond acceptors (Lipinski definition) is 7. The standard InChI is InChI=1S/C28H22ClN3O6S/c1-37-26-17-19(11-16-25(26)38-28(34)23-9-5-6-10-24(23)29)18-30-31-27(33)20-12-14-21(15-13-20)32-39(35,36)22-7-3-2-4-8-22/h2-18,32H,1H3,(H,31,33). The summed E-state index contributed by atoms with van der Waals surface area (Å²) in [7, 11) is -2.32. The molecule has 198 valence electrons. The van der Waals surface area contributed by atoms with Crippen molar-refractivity contribution >= 4 is 45.4 Å². The topological polar surface area (TPSA) is 123 Å². The molecule has 0 saturated heterocycles. The highest BCUT2D eigenvalue weighted by molar-refractivity contribution is 7.92. The molecule has 4 rings (SSSR count). The number of benzene rings is 4. The molecular weight excluding hydrogens is 542 g/mol. The SMILES string of the molecule is COc1cc(C=NNC(=O)c2ccc(NS(=O)(=O)c3ccccc3)cc2)ccc1OC(=O)c1ccccc1Cl. The maximum absolute atomic E-state index is 12.5. The second-order valence-electron chi connectivity index (χ2n) is 7.97. The van der Waals surface area contributed by atoms with Crippen LogP contribution in [0.1, 0.15) is 26.3 Å². The highest BCUT2D eigenvalue weighted by Gasteiger charge is 2.16. The fourth-order valence-corrected chi connectivity index (χ4v) is 4.66. The average molecular weight is 564 g/mol. The summed E-state index contributed by atoms with van der Waals surface area (Å²) in [6.45, 7) is 0. The number of carbonyl (C=O) groups excluding carboxylic acids is 2. The molecule has 0 spiro atoms. The van der Waals surface area contributed by atoms with Crippen molar-refractivity contribution in [2.45, 2.75) is 4.90 Å². The molecule has 0 heterocycles. The van der Waals surface area contributed by atoms with Gasteiger partial charge in [-0.05, 0) is 72.3 Å². The van der Waals surface area contributed by atoms with Gasteiger partial charge in [0, 0.05) is 11.3 Å². The summed E-state index contributed by atoms with van der Waals surface area (Å²) in [5, 5.41) is 4.22. The molecule has 0 aliphatic carbocycles. The number of hydrazone groups is 1. The van der Waals surface area contributed by atoms with E-state index in [1.165, 1.54) is 55.8 Å². The van der Waals surface area contributed by atoms with E-state index in [-0.39, 0.29) is 32.5 Å². The molecule has 0 aromatic heterocycles. The van der Waals surface area contributed by atoms with E-state index in [0.717, 1.165) is 0 Å². The third-order valence-electron chi connectivity index (χ3n) is 5.32. The first-order valence-electron chi connectivity index (χ1n) is 11.4. The van der Waals surface area contributed by atoms with Gasteiger partial charge in [0.1, 0.15) is 0 Å². The number of carbonyl (C=O) groups is 2. The molecule has 2 N–H and O–H groups in total. The molecule has 4 aromatic rings. The lowest BCUT2D eigenvalue weighted by Crippen LogP contribution is -2.18. The van der Waals surface area contributed by atoms with Crippen LogP contribution in [0, 0.1) is 0 Å². The Labute approximate surface area is 230 Å². The largest absolute Gasteiger partial charge is 0.493 e. The first kappa shape index (κ1) is 27.4.